The van der Waals surface area contributed by atoms with Crippen LogP contribution in [-0.4, -0.2) is 61.6 Å². The van der Waals surface area contributed by atoms with Crippen molar-refractivity contribution in [2.75, 3.05) is 0 Å². The Kier molecular flexibility index (Phi) is 10.8. The lowest BCUT2D eigenvalue weighted by atomic mass is 9.87. The van der Waals surface area contributed by atoms with Gasteiger partial charge in [-0.2, -0.15) is 0 Å². The molecule has 0 aliphatic rings. The topological polar surface area (TPSA) is 172 Å². The monoisotopic (exact) mass is 584 g/mol. The van der Waals surface area contributed by atoms with Gasteiger partial charge in [0.25, 0.3) is 0 Å². The summed E-state index contributed by atoms with van der Waals surface area (Å²) >= 11 is 1.08. The number of carbonyl (C=O) groups is 3. The largest absolute Gasteiger partial charge is 0.457 e. The molecule has 2 heterocycles. The summed E-state index contributed by atoms with van der Waals surface area (Å²) in [6, 6.07) is 6.22. The maximum absolute atomic E-state index is 13.8. The third kappa shape index (κ3) is 8.94. The highest BCUT2D eigenvalue weighted by Gasteiger charge is 2.51. The van der Waals surface area contributed by atoms with Crippen molar-refractivity contribution in [1.82, 2.24) is 25.6 Å². The Morgan fingerprint density at radius 3 is 2.37 bits per heavy atom. The first-order valence-corrected chi connectivity index (χ1v) is 14.4. The zero-order valence-electron chi connectivity index (χ0n) is 24.1. The van der Waals surface area contributed by atoms with E-state index in [1.54, 1.807) is 32.3 Å². The highest BCUT2D eigenvalue weighted by Crippen LogP contribution is 2.33. The second-order valence-corrected chi connectivity index (χ2v) is 12.3. The Bertz CT molecular complexity index is 1260. The van der Waals surface area contributed by atoms with Gasteiger partial charge in [0.15, 0.2) is 0 Å². The van der Waals surface area contributed by atoms with Crippen molar-refractivity contribution in [3.63, 3.8) is 0 Å². The Balaban J connectivity index is 1.90. The van der Waals surface area contributed by atoms with Gasteiger partial charge in [-0.05, 0) is 45.1 Å². The summed E-state index contributed by atoms with van der Waals surface area (Å²) in [5.74, 6) is -2.08. The van der Waals surface area contributed by atoms with Crippen LogP contribution in [0.1, 0.15) is 57.3 Å². The molecule has 0 saturated heterocycles. The van der Waals surface area contributed by atoms with Crippen LogP contribution in [0.15, 0.2) is 54.4 Å². The van der Waals surface area contributed by atoms with Crippen LogP contribution in [-0.2, 0) is 37.6 Å². The molecule has 2 aromatic heterocycles. The number of benzene rings is 1. The van der Waals surface area contributed by atoms with Gasteiger partial charge in [0.1, 0.15) is 16.7 Å². The summed E-state index contributed by atoms with van der Waals surface area (Å²) in [6.45, 7) is 8.89. The van der Waals surface area contributed by atoms with Crippen molar-refractivity contribution >= 4 is 29.1 Å². The lowest BCUT2D eigenvalue weighted by Crippen LogP contribution is -2.61. The van der Waals surface area contributed by atoms with Gasteiger partial charge in [-0.3, -0.25) is 9.59 Å². The number of rotatable bonds is 13. The number of amides is 2. The minimum absolute atomic E-state index is 0.0332. The second kappa shape index (κ2) is 13.8. The van der Waals surface area contributed by atoms with Gasteiger partial charge in [-0.15, -0.1) is 11.3 Å². The van der Waals surface area contributed by atoms with Crippen molar-refractivity contribution in [3.05, 3.63) is 70.7 Å². The first-order chi connectivity index (χ1) is 19.3. The number of hydrogen-bond acceptors (Lipinski definition) is 9. The van der Waals surface area contributed by atoms with E-state index in [0.717, 1.165) is 16.9 Å². The normalized spacial score (nSPS) is 15.4. The number of nitrogens with one attached hydrogen (secondary N) is 3. The van der Waals surface area contributed by atoms with Crippen LogP contribution in [0, 0.1) is 5.92 Å². The average Bonchev–Trinajstić information content (AvgIpc) is 3.61. The lowest BCUT2D eigenvalue weighted by Gasteiger charge is -2.36. The zero-order chi connectivity index (χ0) is 30.2. The quantitative estimate of drug-likeness (QED) is 0.190. The molecule has 0 fully saturated rings. The summed E-state index contributed by atoms with van der Waals surface area (Å²) in [7, 11) is 0. The molecule has 3 rings (SSSR count). The summed E-state index contributed by atoms with van der Waals surface area (Å²) in [5.41, 5.74) is 4.51. The molecule has 4 atom stereocenters. The van der Waals surface area contributed by atoms with Gasteiger partial charge in [0, 0.05) is 29.9 Å². The third-order valence-corrected chi connectivity index (χ3v) is 7.14. The van der Waals surface area contributed by atoms with E-state index in [-0.39, 0.29) is 30.2 Å². The van der Waals surface area contributed by atoms with Crippen molar-refractivity contribution in [1.29, 1.82) is 0 Å². The number of H-pyrrole nitrogens is 1. The van der Waals surface area contributed by atoms with E-state index in [0.29, 0.717) is 5.69 Å². The van der Waals surface area contributed by atoms with Crippen LogP contribution in [0.2, 0.25) is 0 Å². The number of aromatic amines is 1. The summed E-state index contributed by atoms with van der Waals surface area (Å²) < 4.78 is 5.60. The van der Waals surface area contributed by atoms with Crippen LogP contribution in [0.3, 0.4) is 0 Å². The number of hydrogen-bond donors (Lipinski definition) is 5. The lowest BCUT2D eigenvalue weighted by molar-refractivity contribution is -0.183. The van der Waals surface area contributed by atoms with Gasteiger partial charge in [0.2, 0.25) is 17.4 Å². The molecule has 222 valence electrons. The summed E-state index contributed by atoms with van der Waals surface area (Å²) in [4.78, 5) is 51.6. The standard InChI is InChI=1S/C29H40N6O5S/c1-18(2)13-23(29(39,26-32-11-12-41-26)27(38)40-28(3,4)5)35-25(37)22(15-20-16-31-17-33-20)34-24(36)21(30)14-19-9-7-6-8-10-19/h6-12,16-18,21-23,39H,13-15,30H2,1-5H3,(H,31,33)(H,34,36)(H,35,37)/t21?,22?,23-,29-/m0/s1. The van der Waals surface area contributed by atoms with E-state index >= 15 is 0 Å². The van der Waals surface area contributed by atoms with Gasteiger partial charge in [0.05, 0.1) is 18.4 Å². The molecule has 2 unspecified atom stereocenters. The fourth-order valence-corrected chi connectivity index (χ4v) is 5.07. The molecule has 0 aliphatic carbocycles. The number of esters is 1. The second-order valence-electron chi connectivity index (χ2n) is 11.4. The number of nitrogens with two attached hydrogens (primary N) is 1. The van der Waals surface area contributed by atoms with Gasteiger partial charge in [-0.1, -0.05) is 44.2 Å². The maximum Gasteiger partial charge on any atom is 0.348 e. The molecular weight excluding hydrogens is 544 g/mol. The molecule has 2 amide bonds. The molecule has 6 N–H and O–H groups in total. The molecule has 0 bridgehead atoms. The highest BCUT2D eigenvalue weighted by atomic mass is 32.1. The van der Waals surface area contributed by atoms with Crippen LogP contribution < -0.4 is 16.4 Å². The van der Waals surface area contributed by atoms with Crippen LogP contribution in [0.5, 0.6) is 0 Å². The number of nitrogens with zero attached hydrogens (tertiary/aromatic N) is 2. The highest BCUT2D eigenvalue weighted by molar-refractivity contribution is 7.09. The molecule has 0 saturated carbocycles. The van der Waals surface area contributed by atoms with Crippen molar-refractivity contribution < 1.29 is 24.2 Å². The van der Waals surface area contributed by atoms with Gasteiger partial charge in [-0.25, -0.2) is 14.8 Å². The van der Waals surface area contributed by atoms with Crippen molar-refractivity contribution in [3.8, 4) is 0 Å². The van der Waals surface area contributed by atoms with Crippen molar-refractivity contribution in [2.45, 2.75) is 83.2 Å². The molecule has 1 aromatic carbocycles. The molecule has 0 spiro atoms. The minimum atomic E-state index is -2.27. The summed E-state index contributed by atoms with van der Waals surface area (Å²) in [6.07, 6.45) is 5.07. The van der Waals surface area contributed by atoms with E-state index in [1.807, 2.05) is 44.2 Å². The molecular formula is C29H40N6O5S. The zero-order valence-corrected chi connectivity index (χ0v) is 24.9. The van der Waals surface area contributed by atoms with E-state index in [4.69, 9.17) is 10.5 Å². The van der Waals surface area contributed by atoms with Gasteiger partial charge < -0.3 is 31.2 Å². The van der Waals surface area contributed by atoms with Crippen LogP contribution in [0.4, 0.5) is 0 Å². The Labute approximate surface area is 244 Å². The van der Waals surface area contributed by atoms with Crippen LogP contribution >= 0.6 is 11.3 Å². The fourth-order valence-electron chi connectivity index (χ4n) is 4.29. The molecule has 41 heavy (non-hydrogen) atoms. The third-order valence-electron chi connectivity index (χ3n) is 6.24. The Morgan fingerprint density at radius 1 is 1.10 bits per heavy atom. The Hall–Kier alpha value is -3.61. The number of imidazole rings is 1. The van der Waals surface area contributed by atoms with E-state index in [1.165, 1.54) is 12.5 Å². The Morgan fingerprint density at radius 2 is 1.80 bits per heavy atom. The number of aliphatic hydroxyl groups is 1. The first-order valence-electron chi connectivity index (χ1n) is 13.5. The number of thiazole rings is 1. The average molecular weight is 585 g/mol. The first kappa shape index (κ1) is 31.9. The molecule has 11 nitrogen and oxygen atoms in total. The smallest absolute Gasteiger partial charge is 0.348 e. The van der Waals surface area contributed by atoms with Crippen LogP contribution in [0.25, 0.3) is 0 Å². The molecule has 3 aromatic rings. The predicted molar refractivity (Wildman–Crippen MR) is 156 cm³/mol. The van der Waals surface area contributed by atoms with E-state index in [9.17, 15) is 19.5 Å². The van der Waals surface area contributed by atoms with E-state index < -0.39 is 47.1 Å². The van der Waals surface area contributed by atoms with Crippen molar-refractivity contribution in [2.24, 2.45) is 11.7 Å². The minimum Gasteiger partial charge on any atom is -0.457 e. The fraction of sp³-hybridized carbons (Fsp3) is 0.483. The molecule has 0 aliphatic heterocycles. The van der Waals surface area contributed by atoms with E-state index in [2.05, 4.69) is 25.6 Å². The maximum atomic E-state index is 13.8. The molecule has 0 radical (unpaired) electrons. The number of ether oxygens (including phenoxy) is 1. The van der Waals surface area contributed by atoms with Gasteiger partial charge >= 0.3 is 5.97 Å². The SMILES string of the molecule is CC(C)C[C@H](NC(=O)C(Cc1cnc[nH]1)NC(=O)C(N)Cc1ccccc1)[C@@](O)(C(=O)OC(C)(C)C)c1nccs1. The predicted octanol–water partition coefficient (Wildman–Crippen LogP) is 2.22. The summed E-state index contributed by atoms with van der Waals surface area (Å²) in [5, 5.41) is 19.3. The number of aromatic nitrogens is 3. The number of carbonyl (C=O) groups excluding carboxylic acids is 3. The molecule has 12 heteroatoms.